The Hall–Kier alpha value is -1.43. The van der Waals surface area contributed by atoms with Gasteiger partial charge in [0.15, 0.2) is 0 Å². The van der Waals surface area contributed by atoms with Gasteiger partial charge in [-0.2, -0.15) is 0 Å². The van der Waals surface area contributed by atoms with Crippen molar-refractivity contribution < 1.29 is 9.59 Å². The van der Waals surface area contributed by atoms with Crippen LogP contribution in [0, 0.1) is 12.3 Å². The summed E-state index contributed by atoms with van der Waals surface area (Å²) >= 11 is 1.44. The number of amides is 2. The van der Waals surface area contributed by atoms with Crippen LogP contribution < -0.4 is 5.32 Å². The predicted octanol–water partition coefficient (Wildman–Crippen LogP) is 1.19. The summed E-state index contributed by atoms with van der Waals surface area (Å²) in [5.41, 5.74) is 0.0947. The Morgan fingerprint density at radius 1 is 1.47 bits per heavy atom. The van der Waals surface area contributed by atoms with E-state index < -0.39 is 0 Å². The molecule has 0 aliphatic carbocycles. The number of carbonyl (C=O) groups excluding carboxylic acids is 2. The molecule has 2 amide bonds. The molecule has 2 aliphatic heterocycles. The first-order valence-corrected chi connectivity index (χ1v) is 7.38. The van der Waals surface area contributed by atoms with Crippen LogP contribution in [0.2, 0.25) is 0 Å². The number of nitrogens with zero attached hydrogens (tertiary/aromatic N) is 2. The topological polar surface area (TPSA) is 62.3 Å². The summed E-state index contributed by atoms with van der Waals surface area (Å²) in [6.07, 6.45) is 4.10. The molecule has 2 saturated heterocycles. The largest absolute Gasteiger partial charge is 0.356 e. The predicted molar refractivity (Wildman–Crippen MR) is 72.0 cm³/mol. The Bertz CT molecular complexity index is 518. The van der Waals surface area contributed by atoms with Crippen LogP contribution in [-0.2, 0) is 4.79 Å². The number of carbonyl (C=O) groups is 2. The summed E-state index contributed by atoms with van der Waals surface area (Å²) in [6, 6.07) is 0. The highest BCUT2D eigenvalue weighted by Gasteiger charge is 2.41. The van der Waals surface area contributed by atoms with Crippen LogP contribution in [0.4, 0.5) is 0 Å². The summed E-state index contributed by atoms with van der Waals surface area (Å²) in [7, 11) is 0. The van der Waals surface area contributed by atoms with Crippen molar-refractivity contribution in [2.75, 3.05) is 19.6 Å². The average Bonchev–Trinajstić information content (AvgIpc) is 2.97. The standard InChI is InChI=1S/C13H17N3O2S/c1-9-14-7-10(19-9)12(18)16-4-2-13(3-5-16)6-11(17)15-8-13/h7H,2-6,8H2,1H3,(H,15,17). The van der Waals surface area contributed by atoms with E-state index in [0.29, 0.717) is 11.3 Å². The maximum Gasteiger partial charge on any atom is 0.265 e. The molecule has 0 saturated carbocycles. The van der Waals surface area contributed by atoms with Crippen LogP contribution in [0.5, 0.6) is 0 Å². The van der Waals surface area contributed by atoms with E-state index in [-0.39, 0.29) is 17.2 Å². The van der Waals surface area contributed by atoms with E-state index in [1.54, 1.807) is 6.20 Å². The lowest BCUT2D eigenvalue weighted by molar-refractivity contribution is -0.119. The van der Waals surface area contributed by atoms with Gasteiger partial charge in [-0.1, -0.05) is 0 Å². The van der Waals surface area contributed by atoms with E-state index in [4.69, 9.17) is 0 Å². The monoisotopic (exact) mass is 279 g/mol. The quantitative estimate of drug-likeness (QED) is 0.840. The normalized spacial score (nSPS) is 21.7. The van der Waals surface area contributed by atoms with Gasteiger partial charge in [-0.05, 0) is 25.2 Å². The summed E-state index contributed by atoms with van der Waals surface area (Å²) in [5, 5.41) is 3.83. The molecule has 2 fully saturated rings. The van der Waals surface area contributed by atoms with Crippen LogP contribution in [-0.4, -0.2) is 41.3 Å². The smallest absolute Gasteiger partial charge is 0.265 e. The van der Waals surface area contributed by atoms with Crippen LogP contribution in [0.15, 0.2) is 6.20 Å². The lowest BCUT2D eigenvalue weighted by atomic mass is 9.77. The van der Waals surface area contributed by atoms with E-state index in [0.717, 1.165) is 37.5 Å². The van der Waals surface area contributed by atoms with E-state index >= 15 is 0 Å². The molecule has 3 rings (SSSR count). The van der Waals surface area contributed by atoms with Gasteiger partial charge in [0.2, 0.25) is 5.91 Å². The fourth-order valence-corrected chi connectivity index (χ4v) is 3.65. The van der Waals surface area contributed by atoms with Crippen molar-refractivity contribution in [2.45, 2.75) is 26.2 Å². The van der Waals surface area contributed by atoms with E-state index in [1.165, 1.54) is 11.3 Å². The van der Waals surface area contributed by atoms with Crippen LogP contribution in [0.3, 0.4) is 0 Å². The van der Waals surface area contributed by atoms with Crippen molar-refractivity contribution in [1.29, 1.82) is 0 Å². The zero-order valence-corrected chi connectivity index (χ0v) is 11.8. The zero-order chi connectivity index (χ0) is 13.5. The lowest BCUT2D eigenvalue weighted by Crippen LogP contribution is -2.43. The minimum atomic E-state index is 0.0812. The maximum atomic E-state index is 12.3. The molecular weight excluding hydrogens is 262 g/mol. The fraction of sp³-hybridized carbons (Fsp3) is 0.615. The summed E-state index contributed by atoms with van der Waals surface area (Å²) in [5.74, 6) is 0.232. The number of hydrogen-bond donors (Lipinski definition) is 1. The van der Waals surface area contributed by atoms with Crippen LogP contribution in [0.1, 0.15) is 33.9 Å². The summed E-state index contributed by atoms with van der Waals surface area (Å²) in [6.45, 7) is 4.16. The second-order valence-electron chi connectivity index (χ2n) is 5.49. The Labute approximate surface area is 116 Å². The van der Waals surface area contributed by atoms with E-state index in [1.807, 2.05) is 11.8 Å². The highest BCUT2D eigenvalue weighted by molar-refractivity contribution is 7.13. The third-order valence-electron chi connectivity index (χ3n) is 4.14. The molecule has 1 aromatic heterocycles. The van der Waals surface area contributed by atoms with Gasteiger partial charge in [0.05, 0.1) is 11.2 Å². The average molecular weight is 279 g/mol. The van der Waals surface area contributed by atoms with Crippen LogP contribution >= 0.6 is 11.3 Å². The molecule has 0 radical (unpaired) electrons. The van der Waals surface area contributed by atoms with Crippen molar-refractivity contribution in [2.24, 2.45) is 5.41 Å². The minimum absolute atomic E-state index is 0.0812. The van der Waals surface area contributed by atoms with E-state index in [9.17, 15) is 9.59 Å². The molecule has 3 heterocycles. The van der Waals surface area contributed by atoms with Gasteiger partial charge in [-0.3, -0.25) is 9.59 Å². The molecule has 5 nitrogen and oxygen atoms in total. The molecule has 6 heteroatoms. The Morgan fingerprint density at radius 3 is 2.74 bits per heavy atom. The van der Waals surface area contributed by atoms with Crippen molar-refractivity contribution >= 4 is 23.2 Å². The fourth-order valence-electron chi connectivity index (χ4n) is 2.91. The van der Waals surface area contributed by atoms with Crippen LogP contribution in [0.25, 0.3) is 0 Å². The molecule has 102 valence electrons. The number of rotatable bonds is 1. The first-order valence-electron chi connectivity index (χ1n) is 6.56. The van der Waals surface area contributed by atoms with Crippen molar-refractivity contribution in [3.63, 3.8) is 0 Å². The highest BCUT2D eigenvalue weighted by atomic mass is 32.1. The Morgan fingerprint density at radius 2 is 2.21 bits per heavy atom. The summed E-state index contributed by atoms with van der Waals surface area (Å²) < 4.78 is 0. The maximum absolute atomic E-state index is 12.3. The number of hydrogen-bond acceptors (Lipinski definition) is 4. The first-order chi connectivity index (χ1) is 9.08. The number of piperidine rings is 1. The van der Waals surface area contributed by atoms with Gasteiger partial charge in [-0.15, -0.1) is 11.3 Å². The third-order valence-corrected chi connectivity index (χ3v) is 5.04. The molecule has 2 aliphatic rings. The highest BCUT2D eigenvalue weighted by Crippen LogP contribution is 2.37. The minimum Gasteiger partial charge on any atom is -0.356 e. The third kappa shape index (κ3) is 2.36. The SMILES string of the molecule is Cc1ncc(C(=O)N2CCC3(CC2)CNC(=O)C3)s1. The molecule has 1 spiro atoms. The van der Waals surface area contributed by atoms with Gasteiger partial charge in [0, 0.05) is 26.1 Å². The van der Waals surface area contributed by atoms with Gasteiger partial charge in [-0.25, -0.2) is 4.98 Å². The number of nitrogens with one attached hydrogen (secondary N) is 1. The van der Waals surface area contributed by atoms with Crippen molar-refractivity contribution in [3.05, 3.63) is 16.1 Å². The second-order valence-corrected chi connectivity index (χ2v) is 6.72. The molecule has 0 unspecified atom stereocenters. The first kappa shape index (κ1) is 12.6. The number of likely N-dealkylation sites (tertiary alicyclic amines) is 1. The molecule has 1 aromatic rings. The summed E-state index contributed by atoms with van der Waals surface area (Å²) in [4.78, 5) is 30.4. The number of aromatic nitrogens is 1. The lowest BCUT2D eigenvalue weighted by Gasteiger charge is -2.37. The molecule has 0 aromatic carbocycles. The molecule has 19 heavy (non-hydrogen) atoms. The Kier molecular flexibility index (Phi) is 3.05. The molecular formula is C13H17N3O2S. The van der Waals surface area contributed by atoms with Gasteiger partial charge in [0.1, 0.15) is 4.88 Å². The van der Waals surface area contributed by atoms with Crippen molar-refractivity contribution in [1.82, 2.24) is 15.2 Å². The van der Waals surface area contributed by atoms with E-state index in [2.05, 4.69) is 10.3 Å². The van der Waals surface area contributed by atoms with Gasteiger partial charge < -0.3 is 10.2 Å². The molecule has 0 bridgehead atoms. The second kappa shape index (κ2) is 4.59. The number of aryl methyl sites for hydroxylation is 1. The number of thiazole rings is 1. The van der Waals surface area contributed by atoms with Gasteiger partial charge in [0.25, 0.3) is 5.91 Å². The Balaban J connectivity index is 1.64. The van der Waals surface area contributed by atoms with Gasteiger partial charge >= 0.3 is 0 Å². The van der Waals surface area contributed by atoms with Crippen molar-refractivity contribution in [3.8, 4) is 0 Å². The molecule has 1 N–H and O–H groups in total. The zero-order valence-electron chi connectivity index (χ0n) is 10.9. The molecule has 0 atom stereocenters.